The first-order chi connectivity index (χ1) is 11.8. The Kier molecular flexibility index (Phi) is 5.69. The Hall–Kier alpha value is -2.08. The highest BCUT2D eigenvalue weighted by atomic mass is 32.1. The van der Waals surface area contributed by atoms with Gasteiger partial charge >= 0.3 is 0 Å². The van der Waals surface area contributed by atoms with Gasteiger partial charge in [-0.15, -0.1) is 11.3 Å². The summed E-state index contributed by atoms with van der Waals surface area (Å²) in [5, 5.41) is 6.17. The third-order valence-corrected chi connectivity index (χ3v) is 4.97. The molecule has 0 saturated carbocycles. The van der Waals surface area contributed by atoms with Gasteiger partial charge in [0.1, 0.15) is 5.75 Å². The van der Waals surface area contributed by atoms with Crippen LogP contribution in [0.1, 0.15) is 25.3 Å². The zero-order chi connectivity index (χ0) is 16.8. The van der Waals surface area contributed by atoms with E-state index in [0.717, 1.165) is 36.0 Å². The molecule has 1 aliphatic heterocycles. The molecule has 2 heterocycles. The molecule has 0 bridgehead atoms. The molecule has 1 aromatic heterocycles. The number of rotatable bonds is 7. The van der Waals surface area contributed by atoms with Gasteiger partial charge in [0.15, 0.2) is 5.13 Å². The average Bonchev–Trinajstić information content (AvgIpc) is 3.25. The monoisotopic (exact) mass is 345 g/mol. The largest absolute Gasteiger partial charge is 0.494 e. The number of carbonyl (C=O) groups excluding carboxylic acids is 1. The van der Waals surface area contributed by atoms with Gasteiger partial charge in [-0.25, -0.2) is 4.98 Å². The minimum absolute atomic E-state index is 0.104. The number of para-hydroxylation sites is 1. The van der Waals surface area contributed by atoms with Crippen molar-refractivity contribution in [2.45, 2.75) is 32.2 Å². The zero-order valence-electron chi connectivity index (χ0n) is 13.9. The molecule has 5 nitrogen and oxygen atoms in total. The Morgan fingerprint density at radius 3 is 3.12 bits per heavy atom. The number of carbonyl (C=O) groups is 1. The van der Waals surface area contributed by atoms with Crippen LogP contribution >= 0.6 is 11.3 Å². The molecule has 6 heteroatoms. The summed E-state index contributed by atoms with van der Waals surface area (Å²) < 4.78 is 5.61. The van der Waals surface area contributed by atoms with E-state index in [1.54, 1.807) is 11.3 Å². The summed E-state index contributed by atoms with van der Waals surface area (Å²) in [4.78, 5) is 18.8. The molecular formula is C18H23N3O2S. The number of thiazole rings is 1. The molecule has 24 heavy (non-hydrogen) atoms. The maximum Gasteiger partial charge on any atom is 0.220 e. The number of hydrogen-bond donors (Lipinski definition) is 1. The molecule has 1 aliphatic rings. The summed E-state index contributed by atoms with van der Waals surface area (Å²) in [7, 11) is 0. The highest BCUT2D eigenvalue weighted by Crippen LogP contribution is 2.23. The quantitative estimate of drug-likeness (QED) is 0.838. The first-order valence-electron chi connectivity index (χ1n) is 8.40. The van der Waals surface area contributed by atoms with Gasteiger partial charge in [0, 0.05) is 37.1 Å². The Balaban J connectivity index is 1.47. The summed E-state index contributed by atoms with van der Waals surface area (Å²) >= 11 is 1.64. The molecule has 1 amide bonds. The van der Waals surface area contributed by atoms with Gasteiger partial charge in [-0.05, 0) is 31.4 Å². The normalized spacial score (nSPS) is 17.0. The lowest BCUT2D eigenvalue weighted by molar-refractivity contribution is -0.121. The predicted octanol–water partition coefficient (Wildman–Crippen LogP) is 2.87. The van der Waals surface area contributed by atoms with Crippen LogP contribution in [0, 0.1) is 0 Å². The molecule has 1 fully saturated rings. The number of aromatic nitrogens is 1. The minimum atomic E-state index is 0.104. The van der Waals surface area contributed by atoms with Gasteiger partial charge in [-0.2, -0.15) is 0 Å². The average molecular weight is 345 g/mol. The van der Waals surface area contributed by atoms with E-state index in [1.165, 1.54) is 0 Å². The predicted molar refractivity (Wildman–Crippen MR) is 96.8 cm³/mol. The van der Waals surface area contributed by atoms with Crippen LogP contribution in [0.5, 0.6) is 5.75 Å². The minimum Gasteiger partial charge on any atom is -0.494 e. The molecule has 1 N–H and O–H groups in total. The van der Waals surface area contributed by atoms with Gasteiger partial charge in [0.05, 0.1) is 6.61 Å². The summed E-state index contributed by atoms with van der Waals surface area (Å²) in [5.74, 6) is 0.982. The summed E-state index contributed by atoms with van der Waals surface area (Å²) in [6.45, 7) is 4.40. The van der Waals surface area contributed by atoms with Crippen LogP contribution in [0.4, 0.5) is 5.13 Å². The molecule has 1 aromatic carbocycles. The second-order valence-electron chi connectivity index (χ2n) is 5.85. The van der Waals surface area contributed by atoms with E-state index in [0.29, 0.717) is 19.4 Å². The van der Waals surface area contributed by atoms with Gasteiger partial charge in [0.25, 0.3) is 0 Å². The Morgan fingerprint density at radius 1 is 1.46 bits per heavy atom. The highest BCUT2D eigenvalue weighted by Gasteiger charge is 2.25. The lowest BCUT2D eigenvalue weighted by Crippen LogP contribution is -2.37. The van der Waals surface area contributed by atoms with Gasteiger partial charge in [-0.1, -0.05) is 18.2 Å². The Labute approximate surface area is 146 Å². The van der Waals surface area contributed by atoms with E-state index in [-0.39, 0.29) is 11.9 Å². The fourth-order valence-electron chi connectivity index (χ4n) is 2.98. The van der Waals surface area contributed by atoms with Crippen LogP contribution in [0.2, 0.25) is 0 Å². The molecular weight excluding hydrogens is 322 g/mol. The van der Waals surface area contributed by atoms with Crippen LogP contribution in [-0.2, 0) is 11.2 Å². The van der Waals surface area contributed by atoms with E-state index in [9.17, 15) is 4.79 Å². The Bertz CT molecular complexity index is 660. The topological polar surface area (TPSA) is 54.5 Å². The maximum atomic E-state index is 12.3. The molecule has 0 aliphatic carbocycles. The number of anilines is 1. The maximum absolute atomic E-state index is 12.3. The van der Waals surface area contributed by atoms with E-state index >= 15 is 0 Å². The fourth-order valence-corrected chi connectivity index (χ4v) is 3.66. The third kappa shape index (κ3) is 4.26. The fraction of sp³-hybridized carbons (Fsp3) is 0.444. The first-order valence-corrected chi connectivity index (χ1v) is 9.28. The number of hydrogen-bond acceptors (Lipinski definition) is 5. The van der Waals surface area contributed by atoms with Gasteiger partial charge < -0.3 is 15.0 Å². The van der Waals surface area contributed by atoms with Crippen molar-refractivity contribution in [3.8, 4) is 5.75 Å². The summed E-state index contributed by atoms with van der Waals surface area (Å²) in [5.41, 5.74) is 1.09. The van der Waals surface area contributed by atoms with E-state index in [2.05, 4.69) is 15.2 Å². The van der Waals surface area contributed by atoms with E-state index in [4.69, 9.17) is 4.74 Å². The van der Waals surface area contributed by atoms with Gasteiger partial charge in [0.2, 0.25) is 5.91 Å². The number of nitrogens with one attached hydrogen (secondary N) is 1. The molecule has 1 saturated heterocycles. The number of nitrogens with zero attached hydrogens (tertiary/aromatic N) is 2. The van der Waals surface area contributed by atoms with Crippen molar-refractivity contribution in [2.24, 2.45) is 0 Å². The summed E-state index contributed by atoms with van der Waals surface area (Å²) in [6.07, 6.45) is 3.98. The molecule has 3 rings (SSSR count). The molecule has 1 atom stereocenters. The highest BCUT2D eigenvalue weighted by molar-refractivity contribution is 7.13. The van der Waals surface area contributed by atoms with Crippen molar-refractivity contribution in [3.05, 3.63) is 41.4 Å². The second kappa shape index (κ2) is 8.15. The molecule has 2 aromatic rings. The molecule has 0 spiro atoms. The van der Waals surface area contributed by atoms with Crippen molar-refractivity contribution in [1.29, 1.82) is 0 Å². The third-order valence-electron chi connectivity index (χ3n) is 4.14. The molecule has 128 valence electrons. The van der Waals surface area contributed by atoms with Gasteiger partial charge in [-0.3, -0.25) is 4.79 Å². The van der Waals surface area contributed by atoms with Crippen LogP contribution in [-0.4, -0.2) is 36.6 Å². The second-order valence-corrected chi connectivity index (χ2v) is 6.73. The summed E-state index contributed by atoms with van der Waals surface area (Å²) in [6, 6.07) is 8.14. The van der Waals surface area contributed by atoms with Crippen LogP contribution in [0.3, 0.4) is 0 Å². The number of ether oxygens (including phenoxy) is 1. The van der Waals surface area contributed by atoms with Crippen molar-refractivity contribution >= 4 is 22.4 Å². The van der Waals surface area contributed by atoms with E-state index in [1.807, 2.05) is 42.8 Å². The van der Waals surface area contributed by atoms with Crippen molar-refractivity contribution in [1.82, 2.24) is 10.3 Å². The molecule has 0 unspecified atom stereocenters. The number of benzene rings is 1. The van der Waals surface area contributed by atoms with Crippen molar-refractivity contribution < 1.29 is 9.53 Å². The SMILES string of the molecule is CCOc1ccccc1CCC(=O)N[C@@H]1CCN(c2nccs2)C1. The lowest BCUT2D eigenvalue weighted by atomic mass is 10.1. The van der Waals surface area contributed by atoms with Crippen LogP contribution in [0.25, 0.3) is 0 Å². The van der Waals surface area contributed by atoms with Crippen LogP contribution in [0.15, 0.2) is 35.8 Å². The van der Waals surface area contributed by atoms with E-state index < -0.39 is 0 Å². The van der Waals surface area contributed by atoms with Crippen LogP contribution < -0.4 is 15.0 Å². The zero-order valence-corrected chi connectivity index (χ0v) is 14.7. The number of aryl methyl sites for hydroxylation is 1. The van der Waals surface area contributed by atoms with Crippen molar-refractivity contribution in [2.75, 3.05) is 24.6 Å². The molecule has 0 radical (unpaired) electrons. The first kappa shape index (κ1) is 16.8. The van der Waals surface area contributed by atoms with Crippen molar-refractivity contribution in [3.63, 3.8) is 0 Å². The lowest BCUT2D eigenvalue weighted by Gasteiger charge is -2.16. The smallest absolute Gasteiger partial charge is 0.220 e. The number of amides is 1. The standard InChI is InChI=1S/C18H23N3O2S/c1-2-23-16-6-4-3-5-14(16)7-8-17(22)20-15-9-11-21(13-15)18-19-10-12-24-18/h3-6,10,12,15H,2,7-9,11,13H2,1H3,(H,20,22)/t15-/m1/s1. The Morgan fingerprint density at radius 2 is 2.33 bits per heavy atom.